The standard InChI is InChI=1S/C13H11BrClN3O/c1-18(8-9-5-10(14)7-16-6-9)13(19)12-11(15)3-2-4-17-12/h2-7H,8H2,1H3. The molecule has 0 aliphatic rings. The largest absolute Gasteiger partial charge is 0.336 e. The predicted molar refractivity (Wildman–Crippen MR) is 77.0 cm³/mol. The van der Waals surface area contributed by atoms with Gasteiger partial charge in [-0.15, -0.1) is 0 Å². The molecule has 2 rings (SSSR count). The van der Waals surface area contributed by atoms with Crippen molar-refractivity contribution in [3.05, 3.63) is 57.5 Å². The average molecular weight is 341 g/mol. The van der Waals surface area contributed by atoms with Gasteiger partial charge >= 0.3 is 0 Å². The Labute approximate surface area is 124 Å². The summed E-state index contributed by atoms with van der Waals surface area (Å²) in [5.74, 6) is -0.217. The van der Waals surface area contributed by atoms with Gasteiger partial charge in [-0.05, 0) is 39.7 Å². The van der Waals surface area contributed by atoms with E-state index in [0.717, 1.165) is 10.0 Å². The molecule has 2 aromatic heterocycles. The predicted octanol–water partition coefficient (Wildman–Crippen LogP) is 3.16. The molecule has 0 fully saturated rings. The third kappa shape index (κ3) is 3.52. The fourth-order valence-corrected chi connectivity index (χ4v) is 2.23. The lowest BCUT2D eigenvalue weighted by Crippen LogP contribution is -2.27. The van der Waals surface area contributed by atoms with E-state index in [9.17, 15) is 4.79 Å². The van der Waals surface area contributed by atoms with E-state index in [4.69, 9.17) is 11.6 Å². The van der Waals surface area contributed by atoms with Gasteiger partial charge in [-0.2, -0.15) is 0 Å². The highest BCUT2D eigenvalue weighted by Crippen LogP contribution is 2.16. The van der Waals surface area contributed by atoms with Gasteiger partial charge in [0.1, 0.15) is 5.69 Å². The van der Waals surface area contributed by atoms with E-state index in [1.54, 1.807) is 42.7 Å². The maximum absolute atomic E-state index is 12.2. The normalized spacial score (nSPS) is 10.3. The van der Waals surface area contributed by atoms with Crippen molar-refractivity contribution in [2.45, 2.75) is 6.54 Å². The zero-order valence-electron chi connectivity index (χ0n) is 10.2. The molecule has 6 heteroatoms. The lowest BCUT2D eigenvalue weighted by Gasteiger charge is -2.17. The first-order valence-corrected chi connectivity index (χ1v) is 6.70. The first-order valence-electron chi connectivity index (χ1n) is 5.53. The molecule has 0 N–H and O–H groups in total. The van der Waals surface area contributed by atoms with Gasteiger partial charge in [0.25, 0.3) is 5.91 Å². The van der Waals surface area contributed by atoms with Gasteiger partial charge in [-0.3, -0.25) is 9.78 Å². The zero-order chi connectivity index (χ0) is 13.8. The van der Waals surface area contributed by atoms with Gasteiger partial charge in [-0.25, -0.2) is 4.98 Å². The second kappa shape index (κ2) is 6.12. The summed E-state index contributed by atoms with van der Waals surface area (Å²) >= 11 is 9.31. The summed E-state index contributed by atoms with van der Waals surface area (Å²) in [6.07, 6.45) is 4.96. The molecule has 0 atom stereocenters. The first kappa shape index (κ1) is 14.0. The molecule has 0 saturated heterocycles. The Morgan fingerprint density at radius 3 is 2.95 bits per heavy atom. The van der Waals surface area contributed by atoms with Crippen molar-refractivity contribution in [2.24, 2.45) is 0 Å². The topological polar surface area (TPSA) is 46.1 Å². The van der Waals surface area contributed by atoms with Crippen LogP contribution in [0.2, 0.25) is 5.02 Å². The minimum absolute atomic E-state index is 0.217. The summed E-state index contributed by atoms with van der Waals surface area (Å²) in [5, 5.41) is 0.353. The zero-order valence-corrected chi connectivity index (χ0v) is 12.5. The van der Waals surface area contributed by atoms with Crippen molar-refractivity contribution in [3.8, 4) is 0 Å². The molecular weight excluding hydrogens is 330 g/mol. The monoisotopic (exact) mass is 339 g/mol. The van der Waals surface area contributed by atoms with Gasteiger partial charge < -0.3 is 4.90 Å². The molecule has 0 aliphatic heterocycles. The number of rotatable bonds is 3. The summed E-state index contributed by atoms with van der Waals surface area (Å²) in [4.78, 5) is 21.8. The molecule has 0 radical (unpaired) electrons. The van der Waals surface area contributed by atoms with Crippen LogP contribution < -0.4 is 0 Å². The highest BCUT2D eigenvalue weighted by atomic mass is 79.9. The molecule has 4 nitrogen and oxygen atoms in total. The van der Waals surface area contributed by atoms with Gasteiger partial charge in [0, 0.05) is 36.7 Å². The molecule has 19 heavy (non-hydrogen) atoms. The van der Waals surface area contributed by atoms with Crippen LogP contribution in [-0.2, 0) is 6.54 Å². The third-order valence-electron chi connectivity index (χ3n) is 2.49. The van der Waals surface area contributed by atoms with Crippen LogP contribution in [0, 0.1) is 0 Å². The third-order valence-corrected chi connectivity index (χ3v) is 3.23. The summed E-state index contributed by atoms with van der Waals surface area (Å²) in [6, 6.07) is 5.25. The minimum Gasteiger partial charge on any atom is -0.336 e. The van der Waals surface area contributed by atoms with E-state index in [0.29, 0.717) is 11.6 Å². The number of amides is 1. The Morgan fingerprint density at radius 1 is 1.47 bits per heavy atom. The van der Waals surface area contributed by atoms with Crippen molar-refractivity contribution in [1.29, 1.82) is 0 Å². The van der Waals surface area contributed by atoms with Crippen molar-refractivity contribution in [2.75, 3.05) is 7.05 Å². The second-order valence-corrected chi connectivity index (χ2v) is 5.33. The summed E-state index contributed by atoms with van der Waals surface area (Å²) in [7, 11) is 1.70. The summed E-state index contributed by atoms with van der Waals surface area (Å²) in [6.45, 7) is 0.443. The fraction of sp³-hybridized carbons (Fsp3) is 0.154. The van der Waals surface area contributed by atoms with Crippen LogP contribution in [0.1, 0.15) is 16.1 Å². The SMILES string of the molecule is CN(Cc1cncc(Br)c1)C(=O)c1ncccc1Cl. The maximum atomic E-state index is 12.2. The molecule has 0 aliphatic carbocycles. The number of pyridine rings is 2. The second-order valence-electron chi connectivity index (χ2n) is 4.01. The van der Waals surface area contributed by atoms with Crippen LogP contribution in [0.4, 0.5) is 0 Å². The molecule has 98 valence electrons. The van der Waals surface area contributed by atoms with Crippen LogP contribution in [0.5, 0.6) is 0 Å². The van der Waals surface area contributed by atoms with Crippen LogP contribution in [0.25, 0.3) is 0 Å². The summed E-state index contributed by atoms with van der Waals surface area (Å²) in [5.41, 5.74) is 1.19. The van der Waals surface area contributed by atoms with E-state index < -0.39 is 0 Å². The quantitative estimate of drug-likeness (QED) is 0.862. The maximum Gasteiger partial charge on any atom is 0.274 e. The van der Waals surface area contributed by atoms with Crippen LogP contribution in [-0.4, -0.2) is 27.8 Å². The van der Waals surface area contributed by atoms with Crippen LogP contribution in [0.3, 0.4) is 0 Å². The first-order chi connectivity index (χ1) is 9.08. The molecule has 0 spiro atoms. The molecular formula is C13H11BrClN3O. The molecule has 0 unspecified atom stereocenters. The van der Waals surface area contributed by atoms with E-state index in [1.165, 1.54) is 0 Å². The lowest BCUT2D eigenvalue weighted by atomic mass is 10.2. The average Bonchev–Trinajstić information content (AvgIpc) is 2.38. The Hall–Kier alpha value is -1.46. The van der Waals surface area contributed by atoms with E-state index in [1.807, 2.05) is 6.07 Å². The highest BCUT2D eigenvalue weighted by molar-refractivity contribution is 9.10. The minimum atomic E-state index is -0.217. The van der Waals surface area contributed by atoms with Gasteiger partial charge in [0.05, 0.1) is 5.02 Å². The Kier molecular flexibility index (Phi) is 4.50. The van der Waals surface area contributed by atoms with Gasteiger partial charge in [-0.1, -0.05) is 11.6 Å². The number of hydrogen-bond acceptors (Lipinski definition) is 3. The Bertz CT molecular complexity index is 606. The molecule has 0 bridgehead atoms. The molecule has 0 saturated carbocycles. The fourth-order valence-electron chi connectivity index (χ4n) is 1.61. The van der Waals surface area contributed by atoms with Gasteiger partial charge in [0.15, 0.2) is 0 Å². The number of aromatic nitrogens is 2. The molecule has 0 aromatic carbocycles. The van der Waals surface area contributed by atoms with Gasteiger partial charge in [0.2, 0.25) is 0 Å². The van der Waals surface area contributed by atoms with E-state index in [-0.39, 0.29) is 11.6 Å². The van der Waals surface area contributed by atoms with Crippen molar-refractivity contribution >= 4 is 33.4 Å². The van der Waals surface area contributed by atoms with Crippen molar-refractivity contribution in [1.82, 2.24) is 14.9 Å². The van der Waals surface area contributed by atoms with E-state index in [2.05, 4.69) is 25.9 Å². The number of carbonyl (C=O) groups is 1. The van der Waals surface area contributed by atoms with Crippen LogP contribution >= 0.6 is 27.5 Å². The molecule has 1 amide bonds. The molecule has 2 heterocycles. The van der Waals surface area contributed by atoms with E-state index >= 15 is 0 Å². The Morgan fingerprint density at radius 2 is 2.26 bits per heavy atom. The highest BCUT2D eigenvalue weighted by Gasteiger charge is 2.16. The number of hydrogen-bond donors (Lipinski definition) is 0. The lowest BCUT2D eigenvalue weighted by molar-refractivity contribution is 0.0779. The number of nitrogens with zero attached hydrogens (tertiary/aromatic N) is 3. The number of carbonyl (C=O) groups excluding carboxylic acids is 1. The smallest absolute Gasteiger partial charge is 0.274 e. The van der Waals surface area contributed by atoms with Crippen LogP contribution in [0.15, 0.2) is 41.3 Å². The summed E-state index contributed by atoms with van der Waals surface area (Å²) < 4.78 is 0.877. The molecule has 2 aromatic rings. The van der Waals surface area contributed by atoms with Crippen molar-refractivity contribution < 1.29 is 4.79 Å². The number of halogens is 2. The Balaban J connectivity index is 2.14. The van der Waals surface area contributed by atoms with Crippen molar-refractivity contribution in [3.63, 3.8) is 0 Å².